The fourth-order valence-corrected chi connectivity index (χ4v) is 2.47. The number of nitrogens with one attached hydrogen (secondary N) is 1. The number of hydrogen-bond acceptors (Lipinski definition) is 2. The van der Waals surface area contributed by atoms with Gasteiger partial charge in [-0.25, -0.2) is 0 Å². The van der Waals surface area contributed by atoms with Crippen LogP contribution in [0, 0.1) is 0 Å². The summed E-state index contributed by atoms with van der Waals surface area (Å²) in [6.07, 6.45) is 3.46. The zero-order chi connectivity index (χ0) is 9.10. The molecule has 0 amide bonds. The van der Waals surface area contributed by atoms with Crippen molar-refractivity contribution < 1.29 is 0 Å². The third kappa shape index (κ3) is 2.06. The van der Waals surface area contributed by atoms with E-state index in [9.17, 15) is 0 Å². The maximum absolute atomic E-state index is 3.55. The van der Waals surface area contributed by atoms with Crippen LogP contribution < -0.4 is 5.32 Å². The molecule has 13 heavy (non-hydrogen) atoms. The Morgan fingerprint density at radius 2 is 2.08 bits per heavy atom. The number of hydrogen-bond donors (Lipinski definition) is 1. The first-order valence-electron chi connectivity index (χ1n) is 4.71. The highest BCUT2D eigenvalue weighted by atomic mass is 32.2. The molecule has 2 atom stereocenters. The third-order valence-electron chi connectivity index (χ3n) is 2.63. The summed E-state index contributed by atoms with van der Waals surface area (Å²) in [6, 6.07) is 11.3. The van der Waals surface area contributed by atoms with Gasteiger partial charge in [-0.1, -0.05) is 30.3 Å². The van der Waals surface area contributed by atoms with Crippen LogP contribution in [0.3, 0.4) is 0 Å². The molecule has 0 spiro atoms. The lowest BCUT2D eigenvalue weighted by atomic mass is 10.1. The topological polar surface area (TPSA) is 12.0 Å². The second-order valence-corrected chi connectivity index (χ2v) is 4.60. The van der Waals surface area contributed by atoms with Gasteiger partial charge in [0.15, 0.2) is 0 Å². The second-order valence-electron chi connectivity index (χ2n) is 3.46. The molecule has 1 nitrogen and oxygen atoms in total. The molecular formula is C11H15NS. The fourth-order valence-electron chi connectivity index (χ4n) is 1.82. The highest BCUT2D eigenvalue weighted by Crippen LogP contribution is 2.28. The summed E-state index contributed by atoms with van der Waals surface area (Å²) in [6.45, 7) is 1.15. The van der Waals surface area contributed by atoms with Crippen LogP contribution in [-0.2, 0) is 0 Å². The first kappa shape index (κ1) is 9.10. The molecule has 0 radical (unpaired) electrons. The first-order chi connectivity index (χ1) is 6.40. The average molecular weight is 193 g/mol. The van der Waals surface area contributed by atoms with E-state index in [4.69, 9.17) is 0 Å². The van der Waals surface area contributed by atoms with E-state index in [-0.39, 0.29) is 0 Å². The molecule has 1 N–H and O–H groups in total. The van der Waals surface area contributed by atoms with Crippen molar-refractivity contribution in [2.45, 2.75) is 17.7 Å². The summed E-state index contributed by atoms with van der Waals surface area (Å²) in [5.74, 6) is 0. The van der Waals surface area contributed by atoms with Crippen LogP contribution in [0.1, 0.15) is 18.0 Å². The molecule has 0 aromatic heterocycles. The van der Waals surface area contributed by atoms with E-state index in [1.165, 1.54) is 12.0 Å². The Morgan fingerprint density at radius 1 is 1.31 bits per heavy atom. The van der Waals surface area contributed by atoms with Crippen LogP contribution >= 0.6 is 11.8 Å². The predicted molar refractivity (Wildman–Crippen MR) is 59.1 cm³/mol. The van der Waals surface area contributed by atoms with E-state index in [1.54, 1.807) is 0 Å². The van der Waals surface area contributed by atoms with Crippen molar-refractivity contribution in [1.82, 2.24) is 5.32 Å². The maximum atomic E-state index is 3.55. The summed E-state index contributed by atoms with van der Waals surface area (Å²) in [4.78, 5) is 0. The quantitative estimate of drug-likeness (QED) is 0.774. The van der Waals surface area contributed by atoms with Gasteiger partial charge in [0.05, 0.1) is 0 Å². The van der Waals surface area contributed by atoms with Gasteiger partial charge in [-0.3, -0.25) is 0 Å². The van der Waals surface area contributed by atoms with Crippen LogP contribution in [0.2, 0.25) is 0 Å². The summed E-state index contributed by atoms with van der Waals surface area (Å²) < 4.78 is 0. The highest BCUT2D eigenvalue weighted by Gasteiger charge is 2.23. The van der Waals surface area contributed by atoms with Crippen molar-refractivity contribution in [2.24, 2.45) is 0 Å². The summed E-state index contributed by atoms with van der Waals surface area (Å²) in [7, 11) is 0. The van der Waals surface area contributed by atoms with E-state index in [0.29, 0.717) is 6.04 Å². The first-order valence-corrected chi connectivity index (χ1v) is 6.00. The van der Waals surface area contributed by atoms with Crippen LogP contribution in [-0.4, -0.2) is 18.1 Å². The van der Waals surface area contributed by atoms with Gasteiger partial charge in [0.1, 0.15) is 0 Å². The Bertz CT molecular complexity index is 260. The molecule has 1 aliphatic heterocycles. The van der Waals surface area contributed by atoms with Gasteiger partial charge in [-0.05, 0) is 18.2 Å². The maximum Gasteiger partial charge on any atom is 0.0331 e. The largest absolute Gasteiger partial charge is 0.309 e. The summed E-state index contributed by atoms with van der Waals surface area (Å²) in [5.41, 5.74) is 1.43. The van der Waals surface area contributed by atoms with Gasteiger partial charge in [-0.15, -0.1) is 0 Å². The molecule has 2 unspecified atom stereocenters. The smallest absolute Gasteiger partial charge is 0.0331 e. The van der Waals surface area contributed by atoms with E-state index in [1.807, 2.05) is 11.8 Å². The van der Waals surface area contributed by atoms with Crippen LogP contribution in [0.5, 0.6) is 0 Å². The minimum absolute atomic E-state index is 0.582. The summed E-state index contributed by atoms with van der Waals surface area (Å²) >= 11 is 1.97. The molecule has 1 saturated heterocycles. The summed E-state index contributed by atoms with van der Waals surface area (Å²) in [5, 5.41) is 4.35. The zero-order valence-electron chi connectivity index (χ0n) is 7.86. The second kappa shape index (κ2) is 4.16. The molecule has 0 saturated carbocycles. The Morgan fingerprint density at radius 3 is 2.69 bits per heavy atom. The van der Waals surface area contributed by atoms with Gasteiger partial charge in [-0.2, -0.15) is 11.8 Å². The zero-order valence-corrected chi connectivity index (χ0v) is 8.68. The van der Waals surface area contributed by atoms with E-state index < -0.39 is 0 Å². The Labute approximate surface area is 83.9 Å². The number of rotatable bonds is 2. The number of benzene rings is 1. The van der Waals surface area contributed by atoms with Gasteiger partial charge in [0, 0.05) is 17.8 Å². The van der Waals surface area contributed by atoms with Gasteiger partial charge in [0.25, 0.3) is 0 Å². The lowest BCUT2D eigenvalue weighted by Crippen LogP contribution is -2.13. The molecule has 1 aliphatic rings. The van der Waals surface area contributed by atoms with Crippen molar-refractivity contribution in [1.29, 1.82) is 0 Å². The van der Waals surface area contributed by atoms with Gasteiger partial charge in [0.2, 0.25) is 0 Å². The molecule has 1 aromatic carbocycles. The SMILES string of the molecule is CSC1CNC(c2ccccc2)C1. The lowest BCUT2D eigenvalue weighted by Gasteiger charge is -2.09. The Kier molecular flexibility index (Phi) is 2.91. The van der Waals surface area contributed by atoms with E-state index >= 15 is 0 Å². The highest BCUT2D eigenvalue weighted by molar-refractivity contribution is 7.99. The fraction of sp³-hybridized carbons (Fsp3) is 0.455. The molecule has 2 rings (SSSR count). The molecule has 70 valence electrons. The molecule has 0 bridgehead atoms. The van der Waals surface area contributed by atoms with Crippen LogP contribution in [0.4, 0.5) is 0 Å². The monoisotopic (exact) mass is 193 g/mol. The molecule has 2 heteroatoms. The Balaban J connectivity index is 2.04. The normalized spacial score (nSPS) is 27.8. The van der Waals surface area contributed by atoms with Gasteiger partial charge >= 0.3 is 0 Å². The minimum atomic E-state index is 0.582. The van der Waals surface area contributed by atoms with Crippen molar-refractivity contribution in [3.63, 3.8) is 0 Å². The number of thioether (sulfide) groups is 1. The molecule has 1 fully saturated rings. The average Bonchev–Trinajstić information content (AvgIpc) is 2.67. The van der Waals surface area contributed by atoms with E-state index in [0.717, 1.165) is 11.8 Å². The minimum Gasteiger partial charge on any atom is -0.309 e. The molecule has 1 heterocycles. The van der Waals surface area contributed by atoms with Crippen LogP contribution in [0.15, 0.2) is 30.3 Å². The lowest BCUT2D eigenvalue weighted by molar-refractivity contribution is 0.648. The van der Waals surface area contributed by atoms with Crippen molar-refractivity contribution in [3.05, 3.63) is 35.9 Å². The molecular weight excluding hydrogens is 178 g/mol. The van der Waals surface area contributed by atoms with E-state index in [2.05, 4.69) is 41.9 Å². The standard InChI is InChI=1S/C11H15NS/c1-13-10-7-11(12-8-10)9-5-3-2-4-6-9/h2-6,10-12H,7-8H2,1H3. The van der Waals surface area contributed by atoms with Crippen molar-refractivity contribution in [2.75, 3.05) is 12.8 Å². The third-order valence-corrected chi connectivity index (χ3v) is 3.65. The predicted octanol–water partition coefficient (Wildman–Crippen LogP) is 2.45. The Hall–Kier alpha value is -0.470. The van der Waals surface area contributed by atoms with Gasteiger partial charge < -0.3 is 5.32 Å². The molecule has 0 aliphatic carbocycles. The van der Waals surface area contributed by atoms with Crippen molar-refractivity contribution in [3.8, 4) is 0 Å². The van der Waals surface area contributed by atoms with Crippen molar-refractivity contribution >= 4 is 11.8 Å². The molecule has 1 aromatic rings. The van der Waals surface area contributed by atoms with Crippen LogP contribution in [0.25, 0.3) is 0 Å².